The second-order valence-corrected chi connectivity index (χ2v) is 5.96. The van der Waals surface area contributed by atoms with Crippen LogP contribution in [-0.4, -0.2) is 15.8 Å². The molecule has 0 spiro atoms. The molecule has 106 valence electrons. The van der Waals surface area contributed by atoms with Crippen molar-refractivity contribution in [3.05, 3.63) is 42.7 Å². The third-order valence-corrected chi connectivity index (χ3v) is 4.24. The molecule has 3 heteroatoms. The average molecular weight is 269 g/mol. The van der Waals surface area contributed by atoms with Gasteiger partial charge >= 0.3 is 0 Å². The van der Waals surface area contributed by atoms with Crippen molar-refractivity contribution in [3.8, 4) is 5.69 Å². The quantitative estimate of drug-likeness (QED) is 0.844. The third-order valence-electron chi connectivity index (χ3n) is 4.24. The van der Waals surface area contributed by atoms with Crippen LogP contribution in [0.15, 0.2) is 42.7 Å². The second-order valence-electron chi connectivity index (χ2n) is 5.96. The number of anilines is 1. The molecule has 1 aromatic heterocycles. The number of nitrogens with zero attached hydrogens (tertiary/aromatic N) is 2. The van der Waals surface area contributed by atoms with Crippen molar-refractivity contribution in [2.75, 3.05) is 5.32 Å². The fraction of sp³-hybridized carbons (Fsp3) is 0.471. The zero-order valence-electron chi connectivity index (χ0n) is 12.1. The summed E-state index contributed by atoms with van der Waals surface area (Å²) in [4.78, 5) is 0. The summed E-state index contributed by atoms with van der Waals surface area (Å²) in [5.41, 5.74) is 2.32. The fourth-order valence-electron chi connectivity index (χ4n) is 3.03. The molecule has 3 nitrogen and oxygen atoms in total. The van der Waals surface area contributed by atoms with Crippen LogP contribution in [0.2, 0.25) is 0 Å². The van der Waals surface area contributed by atoms with E-state index >= 15 is 0 Å². The molecule has 0 bridgehead atoms. The molecule has 1 heterocycles. The Morgan fingerprint density at radius 3 is 2.95 bits per heavy atom. The van der Waals surface area contributed by atoms with E-state index in [2.05, 4.69) is 41.6 Å². The van der Waals surface area contributed by atoms with E-state index in [4.69, 9.17) is 0 Å². The van der Waals surface area contributed by atoms with Crippen molar-refractivity contribution in [2.24, 2.45) is 5.92 Å². The molecule has 1 aliphatic rings. The highest BCUT2D eigenvalue weighted by Crippen LogP contribution is 2.25. The van der Waals surface area contributed by atoms with Gasteiger partial charge in [-0.1, -0.05) is 25.8 Å². The van der Waals surface area contributed by atoms with Gasteiger partial charge in [0.2, 0.25) is 0 Å². The zero-order chi connectivity index (χ0) is 13.8. The van der Waals surface area contributed by atoms with Crippen LogP contribution in [0.1, 0.15) is 39.0 Å². The minimum absolute atomic E-state index is 0.618. The SMILES string of the molecule is CC1CCCC(Nc2cccc(-n3cccn3)c2)CC1. The summed E-state index contributed by atoms with van der Waals surface area (Å²) < 4.78 is 1.90. The van der Waals surface area contributed by atoms with E-state index in [0.717, 1.165) is 11.6 Å². The highest BCUT2D eigenvalue weighted by molar-refractivity contribution is 5.51. The molecule has 1 N–H and O–H groups in total. The van der Waals surface area contributed by atoms with Crippen molar-refractivity contribution in [3.63, 3.8) is 0 Å². The summed E-state index contributed by atoms with van der Waals surface area (Å²) in [6, 6.07) is 11.1. The Balaban J connectivity index is 1.70. The molecule has 0 amide bonds. The van der Waals surface area contributed by atoms with Crippen LogP contribution in [0, 0.1) is 5.92 Å². The van der Waals surface area contributed by atoms with Gasteiger partial charge in [0.25, 0.3) is 0 Å². The lowest BCUT2D eigenvalue weighted by atomic mass is 10.0. The van der Waals surface area contributed by atoms with Gasteiger partial charge < -0.3 is 5.32 Å². The van der Waals surface area contributed by atoms with Crippen LogP contribution < -0.4 is 5.32 Å². The first kappa shape index (κ1) is 13.2. The van der Waals surface area contributed by atoms with E-state index in [0.29, 0.717) is 6.04 Å². The highest BCUT2D eigenvalue weighted by Gasteiger charge is 2.15. The predicted octanol–water partition coefficient (Wildman–Crippen LogP) is 4.25. The predicted molar refractivity (Wildman–Crippen MR) is 83.2 cm³/mol. The monoisotopic (exact) mass is 269 g/mol. The van der Waals surface area contributed by atoms with E-state index in [1.165, 1.54) is 37.8 Å². The first-order chi connectivity index (χ1) is 9.81. The number of hydrogen-bond donors (Lipinski definition) is 1. The van der Waals surface area contributed by atoms with Gasteiger partial charge in [-0.05, 0) is 49.4 Å². The zero-order valence-corrected chi connectivity index (χ0v) is 12.1. The average Bonchev–Trinajstić information content (AvgIpc) is 2.92. The summed E-state index contributed by atoms with van der Waals surface area (Å²) in [5.74, 6) is 0.886. The van der Waals surface area contributed by atoms with E-state index in [9.17, 15) is 0 Å². The normalized spacial score (nSPS) is 23.2. The number of nitrogens with one attached hydrogen (secondary N) is 1. The molecule has 0 saturated heterocycles. The molecule has 2 unspecified atom stereocenters. The van der Waals surface area contributed by atoms with Gasteiger partial charge in [-0.25, -0.2) is 4.68 Å². The molecule has 0 radical (unpaired) electrons. The molecule has 1 aromatic carbocycles. The largest absolute Gasteiger partial charge is 0.382 e. The van der Waals surface area contributed by atoms with Gasteiger partial charge in [-0.2, -0.15) is 5.10 Å². The Labute approximate surface area is 121 Å². The fourth-order valence-corrected chi connectivity index (χ4v) is 3.03. The molecule has 3 rings (SSSR count). The third kappa shape index (κ3) is 3.21. The van der Waals surface area contributed by atoms with E-state index in [1.807, 2.05) is 23.1 Å². The molecule has 1 aliphatic carbocycles. The Hall–Kier alpha value is -1.77. The van der Waals surface area contributed by atoms with Crippen molar-refractivity contribution in [1.82, 2.24) is 9.78 Å². The molecule has 2 atom stereocenters. The number of rotatable bonds is 3. The number of hydrogen-bond acceptors (Lipinski definition) is 2. The molecule has 0 aliphatic heterocycles. The summed E-state index contributed by atoms with van der Waals surface area (Å²) >= 11 is 0. The van der Waals surface area contributed by atoms with E-state index in [-0.39, 0.29) is 0 Å². The van der Waals surface area contributed by atoms with Crippen LogP contribution in [-0.2, 0) is 0 Å². The van der Waals surface area contributed by atoms with Gasteiger partial charge in [-0.15, -0.1) is 0 Å². The standard InChI is InChI=1S/C17H23N3/c1-14-5-2-6-15(10-9-14)19-16-7-3-8-17(13-16)20-12-4-11-18-20/h3-4,7-8,11-15,19H,2,5-6,9-10H2,1H3. The Bertz CT molecular complexity index is 533. The summed E-state index contributed by atoms with van der Waals surface area (Å²) in [6.07, 6.45) is 10.4. The van der Waals surface area contributed by atoms with Crippen LogP contribution >= 0.6 is 0 Å². The Kier molecular flexibility index (Phi) is 4.05. The lowest BCUT2D eigenvalue weighted by Crippen LogP contribution is -2.18. The van der Waals surface area contributed by atoms with Gasteiger partial charge in [0.15, 0.2) is 0 Å². The maximum absolute atomic E-state index is 4.29. The minimum atomic E-state index is 0.618. The molecular weight excluding hydrogens is 246 g/mol. The smallest absolute Gasteiger partial charge is 0.0666 e. The molecule has 1 fully saturated rings. The molecule has 2 aromatic rings. The number of aromatic nitrogens is 2. The van der Waals surface area contributed by atoms with Crippen molar-refractivity contribution in [1.29, 1.82) is 0 Å². The Morgan fingerprint density at radius 1 is 1.15 bits per heavy atom. The lowest BCUT2D eigenvalue weighted by molar-refractivity contribution is 0.502. The first-order valence-corrected chi connectivity index (χ1v) is 7.68. The summed E-state index contributed by atoms with van der Waals surface area (Å²) in [7, 11) is 0. The first-order valence-electron chi connectivity index (χ1n) is 7.68. The van der Waals surface area contributed by atoms with Crippen molar-refractivity contribution in [2.45, 2.75) is 45.1 Å². The maximum atomic E-state index is 4.29. The van der Waals surface area contributed by atoms with Crippen LogP contribution in [0.5, 0.6) is 0 Å². The minimum Gasteiger partial charge on any atom is -0.382 e. The van der Waals surface area contributed by atoms with Gasteiger partial charge in [0, 0.05) is 24.1 Å². The van der Waals surface area contributed by atoms with Crippen LogP contribution in [0.4, 0.5) is 5.69 Å². The van der Waals surface area contributed by atoms with Crippen LogP contribution in [0.3, 0.4) is 0 Å². The molecular formula is C17H23N3. The molecule has 1 saturated carbocycles. The summed E-state index contributed by atoms with van der Waals surface area (Å²) in [5, 5.41) is 7.99. The topological polar surface area (TPSA) is 29.9 Å². The summed E-state index contributed by atoms with van der Waals surface area (Å²) in [6.45, 7) is 2.38. The highest BCUT2D eigenvalue weighted by atomic mass is 15.3. The van der Waals surface area contributed by atoms with Crippen LogP contribution in [0.25, 0.3) is 5.69 Å². The number of benzene rings is 1. The van der Waals surface area contributed by atoms with E-state index in [1.54, 1.807) is 0 Å². The second kappa shape index (κ2) is 6.12. The van der Waals surface area contributed by atoms with Crippen molar-refractivity contribution >= 4 is 5.69 Å². The van der Waals surface area contributed by atoms with Crippen molar-refractivity contribution < 1.29 is 0 Å². The Morgan fingerprint density at radius 2 is 2.10 bits per heavy atom. The van der Waals surface area contributed by atoms with Gasteiger partial charge in [0.05, 0.1) is 5.69 Å². The van der Waals surface area contributed by atoms with E-state index < -0.39 is 0 Å². The maximum Gasteiger partial charge on any atom is 0.0666 e. The van der Waals surface area contributed by atoms with Gasteiger partial charge in [0.1, 0.15) is 0 Å². The lowest BCUT2D eigenvalue weighted by Gasteiger charge is -2.18. The molecule has 20 heavy (non-hydrogen) atoms. The van der Waals surface area contributed by atoms with Gasteiger partial charge in [-0.3, -0.25) is 0 Å².